The van der Waals surface area contributed by atoms with Crippen LogP contribution in [0.5, 0.6) is 0 Å². The number of hydrogen-bond donors (Lipinski definition) is 2. The quantitative estimate of drug-likeness (QED) is 0.690. The lowest BCUT2D eigenvalue weighted by Crippen LogP contribution is -2.29. The Hall–Kier alpha value is -1.97. The molecule has 0 aromatic heterocycles. The smallest absolute Gasteiger partial charge is 0.147 e. The monoisotopic (exact) mass is 373 g/mol. The van der Waals surface area contributed by atoms with Gasteiger partial charge in [-0.15, -0.1) is 0 Å². The minimum Gasteiger partial charge on any atom is -0.359 e. The normalized spacial score (nSPS) is 17.0. The number of hydrogen-bond acceptors (Lipinski definition) is 3. The van der Waals surface area contributed by atoms with Crippen molar-refractivity contribution in [2.75, 3.05) is 5.32 Å². The number of benzene rings is 2. The van der Waals surface area contributed by atoms with Crippen molar-refractivity contribution in [3.05, 3.63) is 75.4 Å². The van der Waals surface area contributed by atoms with E-state index in [9.17, 15) is 0 Å². The van der Waals surface area contributed by atoms with Gasteiger partial charge in [-0.25, -0.2) is 4.99 Å². The highest BCUT2D eigenvalue weighted by Gasteiger charge is 2.21. The maximum atomic E-state index is 6.18. The fraction of sp³-hybridized carbons (Fsp3) is 0.250. The number of para-hydroxylation sites is 1. The highest BCUT2D eigenvalue weighted by molar-refractivity contribution is 6.42. The van der Waals surface area contributed by atoms with Gasteiger partial charge in [-0.1, -0.05) is 61.3 Å². The zero-order valence-corrected chi connectivity index (χ0v) is 16.0. The van der Waals surface area contributed by atoms with Gasteiger partial charge in [0.1, 0.15) is 12.0 Å². The molecule has 0 amide bonds. The Bertz CT molecular complexity index is 841. The Morgan fingerprint density at radius 3 is 2.64 bits per heavy atom. The second kappa shape index (κ2) is 7.51. The first-order valence-electron chi connectivity index (χ1n) is 8.28. The minimum atomic E-state index is -0.223. The van der Waals surface area contributed by atoms with Gasteiger partial charge in [-0.2, -0.15) is 0 Å². The van der Waals surface area contributed by atoms with Crippen LogP contribution in [0.3, 0.4) is 0 Å². The van der Waals surface area contributed by atoms with E-state index >= 15 is 0 Å². The molecule has 1 aliphatic heterocycles. The highest BCUT2D eigenvalue weighted by Crippen LogP contribution is 2.32. The van der Waals surface area contributed by atoms with E-state index in [4.69, 9.17) is 28.2 Å². The lowest BCUT2D eigenvalue weighted by molar-refractivity contribution is 0.799. The first-order valence-corrected chi connectivity index (χ1v) is 9.04. The van der Waals surface area contributed by atoms with Gasteiger partial charge in [-0.3, -0.25) is 0 Å². The van der Waals surface area contributed by atoms with Crippen molar-refractivity contribution >= 4 is 34.7 Å². The molecule has 0 radical (unpaired) electrons. The van der Waals surface area contributed by atoms with E-state index in [2.05, 4.69) is 49.6 Å². The first-order chi connectivity index (χ1) is 11.9. The second-order valence-corrected chi connectivity index (χ2v) is 7.28. The number of fused-ring (bicyclic) bond motifs is 1. The molecule has 0 saturated heterocycles. The van der Waals surface area contributed by atoms with Crippen LogP contribution in [0.4, 0.5) is 5.69 Å². The summed E-state index contributed by atoms with van der Waals surface area (Å²) in [6.45, 7) is 6.37. The number of rotatable bonds is 3. The molecule has 1 heterocycles. The zero-order valence-electron chi connectivity index (χ0n) is 14.5. The highest BCUT2D eigenvalue weighted by atomic mass is 35.5. The number of amidine groups is 1. The molecule has 5 heteroatoms. The molecular formula is C20H21Cl2N3. The Balaban J connectivity index is 1.99. The number of anilines is 1. The zero-order chi connectivity index (χ0) is 18.0. The molecule has 0 aliphatic carbocycles. The fourth-order valence-electron chi connectivity index (χ4n) is 2.86. The average Bonchev–Trinajstić information content (AvgIpc) is 2.56. The van der Waals surface area contributed by atoms with Crippen molar-refractivity contribution in [2.45, 2.75) is 26.9 Å². The van der Waals surface area contributed by atoms with Crippen LogP contribution >= 0.6 is 23.2 Å². The molecule has 0 spiro atoms. The molecule has 3 rings (SSSR count). The van der Waals surface area contributed by atoms with Gasteiger partial charge < -0.3 is 10.6 Å². The Morgan fingerprint density at radius 1 is 1.16 bits per heavy atom. The molecule has 0 fully saturated rings. The van der Waals surface area contributed by atoms with Gasteiger partial charge in [0.05, 0.1) is 10.0 Å². The summed E-state index contributed by atoms with van der Waals surface area (Å²) in [5.74, 6) is 1.32. The van der Waals surface area contributed by atoms with Crippen LogP contribution in [0.15, 0.2) is 59.2 Å². The summed E-state index contributed by atoms with van der Waals surface area (Å²) in [4.78, 5) is 4.86. The molecular weight excluding hydrogens is 353 g/mol. The van der Waals surface area contributed by atoms with Gasteiger partial charge in [0.15, 0.2) is 0 Å². The van der Waals surface area contributed by atoms with E-state index in [-0.39, 0.29) is 6.17 Å². The van der Waals surface area contributed by atoms with E-state index in [0.717, 1.165) is 28.3 Å². The molecule has 1 unspecified atom stereocenters. The molecule has 0 saturated carbocycles. The van der Waals surface area contributed by atoms with Crippen LogP contribution in [0.2, 0.25) is 10.0 Å². The number of nitrogens with zero attached hydrogens (tertiary/aromatic N) is 1. The molecule has 2 N–H and O–H groups in total. The molecule has 1 atom stereocenters. The Labute approximate surface area is 158 Å². The molecule has 0 bridgehead atoms. The van der Waals surface area contributed by atoms with E-state index in [1.54, 1.807) is 6.07 Å². The maximum absolute atomic E-state index is 6.18. The largest absolute Gasteiger partial charge is 0.359 e. The summed E-state index contributed by atoms with van der Waals surface area (Å²) in [6, 6.07) is 13.7. The van der Waals surface area contributed by atoms with E-state index in [1.807, 2.05) is 24.3 Å². The van der Waals surface area contributed by atoms with E-state index in [0.29, 0.717) is 16.0 Å². The summed E-state index contributed by atoms with van der Waals surface area (Å²) in [5, 5.41) is 7.97. The van der Waals surface area contributed by atoms with Crippen molar-refractivity contribution in [1.82, 2.24) is 5.32 Å². The number of nitrogens with one attached hydrogen (secondary N) is 2. The number of allylic oxidation sites excluding steroid dienone is 2. The number of aliphatic imine (C=N–C) groups is 1. The van der Waals surface area contributed by atoms with Crippen molar-refractivity contribution in [2.24, 2.45) is 10.9 Å². The molecule has 130 valence electrons. The number of halogens is 2. The summed E-state index contributed by atoms with van der Waals surface area (Å²) >= 11 is 12.2. The second-order valence-electron chi connectivity index (χ2n) is 6.46. The topological polar surface area (TPSA) is 36.4 Å². The van der Waals surface area contributed by atoms with Crippen LogP contribution in [-0.2, 0) is 0 Å². The minimum absolute atomic E-state index is 0.223. The molecule has 2 aromatic carbocycles. The van der Waals surface area contributed by atoms with Crippen LogP contribution in [0.1, 0.15) is 38.1 Å². The van der Waals surface area contributed by atoms with Gasteiger partial charge in [0.2, 0.25) is 0 Å². The lowest BCUT2D eigenvalue weighted by atomic mass is 10.1. The Kier molecular flexibility index (Phi) is 5.36. The van der Waals surface area contributed by atoms with Crippen LogP contribution in [0, 0.1) is 5.92 Å². The molecule has 2 aromatic rings. The summed E-state index contributed by atoms with van der Waals surface area (Å²) in [6.07, 6.45) is 1.96. The van der Waals surface area contributed by atoms with Crippen LogP contribution in [0.25, 0.3) is 0 Å². The van der Waals surface area contributed by atoms with Crippen molar-refractivity contribution in [1.29, 1.82) is 0 Å². The van der Waals surface area contributed by atoms with Crippen LogP contribution < -0.4 is 10.6 Å². The first kappa shape index (κ1) is 17.8. The van der Waals surface area contributed by atoms with Crippen molar-refractivity contribution < 1.29 is 0 Å². The van der Waals surface area contributed by atoms with Gasteiger partial charge >= 0.3 is 0 Å². The van der Waals surface area contributed by atoms with Crippen molar-refractivity contribution in [3.8, 4) is 0 Å². The van der Waals surface area contributed by atoms with Gasteiger partial charge in [0, 0.05) is 16.9 Å². The molecule has 3 nitrogen and oxygen atoms in total. The van der Waals surface area contributed by atoms with Gasteiger partial charge in [0.25, 0.3) is 0 Å². The van der Waals surface area contributed by atoms with Crippen molar-refractivity contribution in [3.63, 3.8) is 0 Å². The van der Waals surface area contributed by atoms with E-state index < -0.39 is 0 Å². The van der Waals surface area contributed by atoms with E-state index in [1.165, 1.54) is 0 Å². The lowest BCUT2D eigenvalue weighted by Gasteiger charge is -2.27. The summed E-state index contributed by atoms with van der Waals surface area (Å²) in [7, 11) is 0. The molecule has 25 heavy (non-hydrogen) atoms. The SMILES string of the molecule is C/C(=C\C(C)C)NC1=NC(c2ccc(Cl)c(Cl)c2)Nc2ccccc21. The summed E-state index contributed by atoms with van der Waals surface area (Å²) in [5.41, 5.74) is 4.13. The van der Waals surface area contributed by atoms with Gasteiger partial charge in [-0.05, 0) is 42.7 Å². The predicted octanol–water partition coefficient (Wildman–Crippen LogP) is 6.01. The molecule has 1 aliphatic rings. The third kappa shape index (κ3) is 4.17. The Morgan fingerprint density at radius 2 is 1.92 bits per heavy atom. The third-order valence-corrected chi connectivity index (χ3v) is 4.63. The standard InChI is InChI=1S/C20H21Cl2N3/c1-12(2)10-13(3)23-20-15-6-4-5-7-18(15)24-19(25-20)14-8-9-16(21)17(22)11-14/h4-12,19,24H,1-3H3,(H,23,25)/b13-10+. The average molecular weight is 374 g/mol. The maximum Gasteiger partial charge on any atom is 0.147 e. The predicted molar refractivity (Wildman–Crippen MR) is 108 cm³/mol. The third-order valence-electron chi connectivity index (χ3n) is 3.89. The fourth-order valence-corrected chi connectivity index (χ4v) is 3.17. The summed E-state index contributed by atoms with van der Waals surface area (Å²) < 4.78 is 0. The van der Waals surface area contributed by atoms with Crippen LogP contribution in [-0.4, -0.2) is 5.84 Å².